The smallest absolute Gasteiger partial charge is 0.129 e. The van der Waals surface area contributed by atoms with Crippen molar-refractivity contribution in [2.45, 2.75) is 20.4 Å². The molecule has 2 aromatic rings. The van der Waals surface area contributed by atoms with Crippen molar-refractivity contribution in [1.29, 1.82) is 5.26 Å². The van der Waals surface area contributed by atoms with E-state index >= 15 is 0 Å². The minimum absolute atomic E-state index is 0.305. The highest BCUT2D eigenvalue weighted by Crippen LogP contribution is 2.21. The third kappa shape index (κ3) is 2.33. The molecule has 1 aromatic heterocycles. The fourth-order valence-electron chi connectivity index (χ4n) is 1.67. The van der Waals surface area contributed by atoms with Crippen LogP contribution in [0.1, 0.15) is 22.5 Å². The molecule has 0 atom stereocenters. The molecule has 0 unspecified atom stereocenters. The number of aromatic amines is 1. The summed E-state index contributed by atoms with van der Waals surface area (Å²) in [6.45, 7) is 4.09. The van der Waals surface area contributed by atoms with Gasteiger partial charge in [-0.1, -0.05) is 0 Å². The normalized spacial score (nSPS) is 10.1. The number of rotatable bonds is 3. The Labute approximate surface area is 104 Å². The summed E-state index contributed by atoms with van der Waals surface area (Å²) in [4.78, 5) is 7.12. The summed E-state index contributed by atoms with van der Waals surface area (Å²) in [6, 6.07) is 4.81. The fourth-order valence-corrected chi connectivity index (χ4v) is 1.67. The zero-order chi connectivity index (χ0) is 13.1. The molecule has 5 heteroatoms. The Hall–Kier alpha value is -2.35. The average Bonchev–Trinajstić information content (AvgIpc) is 2.76. The van der Waals surface area contributed by atoms with E-state index in [0.717, 1.165) is 11.4 Å². The number of hydrogen-bond acceptors (Lipinski definition) is 3. The summed E-state index contributed by atoms with van der Waals surface area (Å²) in [5.41, 5.74) is 3.27. The highest BCUT2D eigenvalue weighted by Gasteiger charge is 2.08. The first kappa shape index (κ1) is 12.1. The van der Waals surface area contributed by atoms with Crippen LogP contribution in [0.25, 0.3) is 0 Å². The van der Waals surface area contributed by atoms with Crippen LogP contribution < -0.4 is 5.32 Å². The first-order chi connectivity index (χ1) is 8.61. The minimum atomic E-state index is -0.379. The van der Waals surface area contributed by atoms with Crippen LogP contribution >= 0.6 is 0 Å². The predicted octanol–water partition coefficient (Wildman–Crippen LogP) is 2.65. The summed E-state index contributed by atoms with van der Waals surface area (Å²) < 4.78 is 13.6. The molecule has 18 heavy (non-hydrogen) atoms. The van der Waals surface area contributed by atoms with Crippen molar-refractivity contribution in [3.63, 3.8) is 0 Å². The number of nitrogens with zero attached hydrogens (tertiary/aromatic N) is 2. The van der Waals surface area contributed by atoms with E-state index in [1.54, 1.807) is 19.3 Å². The molecule has 1 heterocycles. The van der Waals surface area contributed by atoms with E-state index in [4.69, 9.17) is 5.26 Å². The zero-order valence-electron chi connectivity index (χ0n) is 10.2. The van der Waals surface area contributed by atoms with Gasteiger partial charge in [0.1, 0.15) is 5.82 Å². The van der Waals surface area contributed by atoms with Gasteiger partial charge in [-0.15, -0.1) is 0 Å². The minimum Gasteiger partial charge on any atom is -0.379 e. The lowest BCUT2D eigenvalue weighted by atomic mass is 10.1. The summed E-state index contributed by atoms with van der Waals surface area (Å²) in [5, 5.41) is 11.9. The molecule has 0 saturated carbocycles. The molecule has 0 radical (unpaired) electrons. The van der Waals surface area contributed by atoms with Crippen LogP contribution in [-0.2, 0) is 6.54 Å². The molecule has 0 bridgehead atoms. The first-order valence-electron chi connectivity index (χ1n) is 5.54. The zero-order valence-corrected chi connectivity index (χ0v) is 10.2. The van der Waals surface area contributed by atoms with Gasteiger partial charge in [-0.2, -0.15) is 5.26 Å². The van der Waals surface area contributed by atoms with Crippen LogP contribution in [0.4, 0.5) is 10.1 Å². The number of benzene rings is 1. The van der Waals surface area contributed by atoms with E-state index in [2.05, 4.69) is 15.3 Å². The number of halogens is 1. The Morgan fingerprint density at radius 3 is 2.83 bits per heavy atom. The molecule has 4 nitrogen and oxygen atoms in total. The van der Waals surface area contributed by atoms with Crippen molar-refractivity contribution in [2.24, 2.45) is 0 Å². The van der Waals surface area contributed by atoms with E-state index in [1.165, 1.54) is 6.07 Å². The third-order valence-electron chi connectivity index (χ3n) is 2.85. The quantitative estimate of drug-likeness (QED) is 0.872. The molecule has 0 amide bonds. The lowest BCUT2D eigenvalue weighted by Gasteiger charge is -2.10. The second-order valence-corrected chi connectivity index (χ2v) is 4.07. The Morgan fingerprint density at radius 2 is 2.22 bits per heavy atom. The van der Waals surface area contributed by atoms with E-state index in [0.29, 0.717) is 23.4 Å². The maximum Gasteiger partial charge on any atom is 0.129 e. The number of hydrogen-bond donors (Lipinski definition) is 2. The summed E-state index contributed by atoms with van der Waals surface area (Å²) in [7, 11) is 0. The summed E-state index contributed by atoms with van der Waals surface area (Å²) in [5.74, 6) is -0.379. The number of nitriles is 1. The molecule has 0 aliphatic rings. The lowest BCUT2D eigenvalue weighted by molar-refractivity contribution is 0.618. The second-order valence-electron chi connectivity index (χ2n) is 4.07. The van der Waals surface area contributed by atoms with Gasteiger partial charge in [-0.05, 0) is 26.0 Å². The monoisotopic (exact) mass is 244 g/mol. The topological polar surface area (TPSA) is 64.5 Å². The maximum atomic E-state index is 13.6. The van der Waals surface area contributed by atoms with Crippen molar-refractivity contribution in [3.8, 4) is 6.07 Å². The van der Waals surface area contributed by atoms with Crippen molar-refractivity contribution >= 4 is 5.69 Å². The van der Waals surface area contributed by atoms with Crippen molar-refractivity contribution < 1.29 is 4.39 Å². The largest absolute Gasteiger partial charge is 0.379 e. The maximum absolute atomic E-state index is 13.6. The van der Waals surface area contributed by atoms with Gasteiger partial charge in [-0.25, -0.2) is 9.37 Å². The van der Waals surface area contributed by atoms with Gasteiger partial charge in [0.2, 0.25) is 0 Å². The standard InChI is InChI=1S/C13H13FN4/c1-8-11(14)3-10(5-15)4-12(8)16-6-13-9(2)17-7-18-13/h3-4,7,16H,6H2,1-2H3,(H,17,18). The Balaban J connectivity index is 2.22. The summed E-state index contributed by atoms with van der Waals surface area (Å²) in [6.07, 6.45) is 1.62. The van der Waals surface area contributed by atoms with Crippen LogP contribution in [-0.4, -0.2) is 9.97 Å². The van der Waals surface area contributed by atoms with Crippen LogP contribution in [0, 0.1) is 31.0 Å². The average molecular weight is 244 g/mol. The lowest BCUT2D eigenvalue weighted by Crippen LogP contribution is -2.04. The summed E-state index contributed by atoms with van der Waals surface area (Å²) >= 11 is 0. The molecule has 0 spiro atoms. The Bertz CT molecular complexity index is 610. The van der Waals surface area contributed by atoms with E-state index in [9.17, 15) is 4.39 Å². The molecular formula is C13H13FN4. The molecule has 2 rings (SSSR count). The highest BCUT2D eigenvalue weighted by molar-refractivity contribution is 5.56. The van der Waals surface area contributed by atoms with Crippen molar-refractivity contribution in [2.75, 3.05) is 5.32 Å². The number of imidazole rings is 1. The highest BCUT2D eigenvalue weighted by atomic mass is 19.1. The van der Waals surface area contributed by atoms with Crippen LogP contribution in [0.5, 0.6) is 0 Å². The first-order valence-corrected chi connectivity index (χ1v) is 5.54. The van der Waals surface area contributed by atoms with Crippen molar-refractivity contribution in [1.82, 2.24) is 9.97 Å². The Kier molecular flexibility index (Phi) is 3.28. The molecule has 2 N–H and O–H groups in total. The molecule has 92 valence electrons. The van der Waals surface area contributed by atoms with Crippen LogP contribution in [0.2, 0.25) is 0 Å². The van der Waals surface area contributed by atoms with E-state index < -0.39 is 0 Å². The van der Waals surface area contributed by atoms with Crippen LogP contribution in [0.3, 0.4) is 0 Å². The molecule has 0 fully saturated rings. The van der Waals surface area contributed by atoms with Gasteiger partial charge in [0.05, 0.1) is 30.2 Å². The predicted molar refractivity (Wildman–Crippen MR) is 66.5 cm³/mol. The number of anilines is 1. The molecule has 0 aliphatic carbocycles. The van der Waals surface area contributed by atoms with E-state index in [1.807, 2.05) is 13.0 Å². The molecular weight excluding hydrogens is 231 g/mol. The third-order valence-corrected chi connectivity index (χ3v) is 2.85. The molecule has 1 aromatic carbocycles. The number of aromatic nitrogens is 2. The fraction of sp³-hybridized carbons (Fsp3) is 0.231. The van der Waals surface area contributed by atoms with Gasteiger partial charge >= 0.3 is 0 Å². The van der Waals surface area contributed by atoms with Crippen molar-refractivity contribution in [3.05, 3.63) is 46.8 Å². The number of H-pyrrole nitrogens is 1. The van der Waals surface area contributed by atoms with Gasteiger partial charge in [0.15, 0.2) is 0 Å². The van der Waals surface area contributed by atoms with Gasteiger partial charge in [0, 0.05) is 16.9 Å². The second kappa shape index (κ2) is 4.88. The van der Waals surface area contributed by atoms with Crippen LogP contribution in [0.15, 0.2) is 18.5 Å². The van der Waals surface area contributed by atoms with Gasteiger partial charge < -0.3 is 10.3 Å². The van der Waals surface area contributed by atoms with Gasteiger partial charge in [0.25, 0.3) is 0 Å². The Morgan fingerprint density at radius 1 is 1.44 bits per heavy atom. The SMILES string of the molecule is Cc1[nH]cnc1CNc1cc(C#N)cc(F)c1C. The van der Waals surface area contributed by atoms with Gasteiger partial charge in [-0.3, -0.25) is 0 Å². The number of aryl methyl sites for hydroxylation is 1. The molecule has 0 aliphatic heterocycles. The molecule has 0 saturated heterocycles. The number of nitrogens with one attached hydrogen (secondary N) is 2. The van der Waals surface area contributed by atoms with E-state index in [-0.39, 0.29) is 5.82 Å².